The van der Waals surface area contributed by atoms with Crippen LogP contribution >= 0.6 is 11.6 Å². The topological polar surface area (TPSA) is 75.8 Å². The van der Waals surface area contributed by atoms with Gasteiger partial charge in [0.1, 0.15) is 11.3 Å². The molecule has 2 rings (SSSR count). The van der Waals surface area contributed by atoms with Crippen molar-refractivity contribution >= 4 is 23.3 Å². The summed E-state index contributed by atoms with van der Waals surface area (Å²) in [5, 5.41) is 9.68. The fourth-order valence-corrected chi connectivity index (χ4v) is 3.92. The molecule has 0 spiro atoms. The zero-order valence-electron chi connectivity index (χ0n) is 15.2. The lowest BCUT2D eigenvalue weighted by Gasteiger charge is -2.36. The molecule has 0 aliphatic carbocycles. The Hall–Kier alpha value is -1.46. The number of methoxy groups -OCH3 is 1. The molecule has 3 N–H and O–H groups in total. The number of nitrogens with two attached hydrogens (primary N) is 1. The van der Waals surface area contributed by atoms with Gasteiger partial charge in [-0.3, -0.25) is 0 Å². The van der Waals surface area contributed by atoms with Crippen LogP contribution in [0.1, 0.15) is 61.4 Å². The molecular formula is C19H29ClN2O3. The van der Waals surface area contributed by atoms with Gasteiger partial charge in [0.25, 0.3) is 0 Å². The number of anilines is 1. The molecule has 0 aromatic heterocycles. The molecular weight excluding hydrogens is 340 g/mol. The van der Waals surface area contributed by atoms with Crippen molar-refractivity contribution in [3.05, 3.63) is 22.2 Å². The Bertz CT molecular complexity index is 607. The predicted octanol–water partition coefficient (Wildman–Crippen LogP) is 4.22. The standard InChI is InChI=1S/C19H29ClN2O3/c1-3-4-10-22-11-6-5-7-13(22)8-9-14-17(21)16(20)12-15(19(23)24)18(14)25-2/h12-13H,3-11,21H2,1-2H3,(H,23,24). The second-order valence-electron chi connectivity index (χ2n) is 6.71. The van der Waals surface area contributed by atoms with Crippen molar-refractivity contribution in [3.8, 4) is 5.75 Å². The molecule has 1 aliphatic heterocycles. The highest BCUT2D eigenvalue weighted by atomic mass is 35.5. The molecule has 0 radical (unpaired) electrons. The first-order valence-corrected chi connectivity index (χ1v) is 9.49. The van der Waals surface area contributed by atoms with Gasteiger partial charge in [0, 0.05) is 11.6 Å². The Morgan fingerprint density at radius 1 is 1.48 bits per heavy atom. The van der Waals surface area contributed by atoms with Crippen molar-refractivity contribution in [2.75, 3.05) is 25.9 Å². The molecule has 25 heavy (non-hydrogen) atoms. The Balaban J connectivity index is 2.19. The fraction of sp³-hybridized carbons (Fsp3) is 0.632. The number of aromatic carboxylic acids is 1. The molecule has 1 unspecified atom stereocenters. The van der Waals surface area contributed by atoms with Crippen molar-refractivity contribution in [2.24, 2.45) is 0 Å². The number of benzene rings is 1. The molecule has 1 aromatic rings. The molecule has 140 valence electrons. The Morgan fingerprint density at radius 3 is 2.88 bits per heavy atom. The first-order valence-electron chi connectivity index (χ1n) is 9.11. The highest BCUT2D eigenvalue weighted by Crippen LogP contribution is 2.36. The molecule has 0 bridgehead atoms. The Kier molecular flexibility index (Phi) is 7.38. The summed E-state index contributed by atoms with van der Waals surface area (Å²) in [6.07, 6.45) is 7.69. The number of carboxylic acid groups (broad SMARTS) is 1. The van der Waals surface area contributed by atoms with Gasteiger partial charge in [-0.25, -0.2) is 4.79 Å². The summed E-state index contributed by atoms with van der Waals surface area (Å²) in [7, 11) is 1.48. The third-order valence-electron chi connectivity index (χ3n) is 5.08. The van der Waals surface area contributed by atoms with Gasteiger partial charge in [-0.15, -0.1) is 0 Å². The van der Waals surface area contributed by atoms with Crippen LogP contribution in [-0.2, 0) is 6.42 Å². The third kappa shape index (κ3) is 4.79. The van der Waals surface area contributed by atoms with Gasteiger partial charge in [0.05, 0.1) is 17.8 Å². The number of likely N-dealkylation sites (tertiary alicyclic amines) is 1. The summed E-state index contributed by atoms with van der Waals surface area (Å²) >= 11 is 6.16. The molecule has 1 fully saturated rings. The molecule has 1 heterocycles. The van der Waals surface area contributed by atoms with E-state index in [2.05, 4.69) is 11.8 Å². The van der Waals surface area contributed by atoms with Gasteiger partial charge in [-0.1, -0.05) is 31.4 Å². The summed E-state index contributed by atoms with van der Waals surface area (Å²) in [4.78, 5) is 14.1. The monoisotopic (exact) mass is 368 g/mol. The number of ether oxygens (including phenoxy) is 1. The first-order chi connectivity index (χ1) is 12.0. The van der Waals surface area contributed by atoms with Gasteiger partial charge in [-0.2, -0.15) is 0 Å². The van der Waals surface area contributed by atoms with Gasteiger partial charge < -0.3 is 20.5 Å². The van der Waals surface area contributed by atoms with Crippen LogP contribution in [-0.4, -0.2) is 42.2 Å². The van der Waals surface area contributed by atoms with E-state index < -0.39 is 5.97 Å². The Morgan fingerprint density at radius 2 is 2.24 bits per heavy atom. The number of carbonyl (C=O) groups is 1. The zero-order chi connectivity index (χ0) is 18.4. The summed E-state index contributed by atoms with van der Waals surface area (Å²) < 4.78 is 5.37. The molecule has 5 nitrogen and oxygen atoms in total. The Labute approximate surface area is 155 Å². The molecule has 1 saturated heterocycles. The number of carboxylic acids is 1. The maximum absolute atomic E-state index is 11.5. The number of piperidine rings is 1. The van der Waals surface area contributed by atoms with Crippen LogP contribution in [0.15, 0.2) is 6.07 Å². The van der Waals surface area contributed by atoms with Crippen LogP contribution < -0.4 is 10.5 Å². The van der Waals surface area contributed by atoms with Gasteiger partial charge in [0.15, 0.2) is 0 Å². The average Bonchev–Trinajstić information content (AvgIpc) is 2.61. The molecule has 1 atom stereocenters. The van der Waals surface area contributed by atoms with Crippen LogP contribution in [0.4, 0.5) is 5.69 Å². The van der Waals surface area contributed by atoms with Crippen molar-refractivity contribution < 1.29 is 14.6 Å². The first kappa shape index (κ1) is 19.9. The molecule has 0 saturated carbocycles. The van der Waals surface area contributed by atoms with E-state index in [1.165, 1.54) is 45.3 Å². The maximum atomic E-state index is 11.5. The molecule has 1 aromatic carbocycles. The van der Waals surface area contributed by atoms with E-state index in [9.17, 15) is 9.90 Å². The summed E-state index contributed by atoms with van der Waals surface area (Å²) in [6.45, 7) is 4.49. The lowest BCUT2D eigenvalue weighted by Crippen LogP contribution is -2.40. The molecule has 1 aliphatic rings. The minimum Gasteiger partial charge on any atom is -0.495 e. The van der Waals surface area contributed by atoms with Crippen LogP contribution in [0.25, 0.3) is 0 Å². The second kappa shape index (κ2) is 9.30. The van der Waals surface area contributed by atoms with Crippen molar-refractivity contribution in [3.63, 3.8) is 0 Å². The third-order valence-corrected chi connectivity index (χ3v) is 5.39. The smallest absolute Gasteiger partial charge is 0.339 e. The van der Waals surface area contributed by atoms with E-state index in [0.29, 0.717) is 29.5 Å². The van der Waals surface area contributed by atoms with Crippen molar-refractivity contribution in [2.45, 2.75) is 57.9 Å². The number of rotatable bonds is 8. The molecule has 0 amide bonds. The van der Waals surface area contributed by atoms with E-state index in [-0.39, 0.29) is 10.6 Å². The SMILES string of the molecule is CCCCN1CCCCC1CCc1c(N)c(Cl)cc(C(=O)O)c1OC. The molecule has 6 heteroatoms. The number of unbranched alkanes of at least 4 members (excludes halogenated alkanes) is 1. The summed E-state index contributed by atoms with van der Waals surface area (Å²) in [6, 6.07) is 1.88. The van der Waals surface area contributed by atoms with E-state index in [0.717, 1.165) is 19.5 Å². The van der Waals surface area contributed by atoms with E-state index >= 15 is 0 Å². The normalized spacial score (nSPS) is 18.3. The van der Waals surface area contributed by atoms with Gasteiger partial charge in [-0.05, 0) is 51.3 Å². The van der Waals surface area contributed by atoms with Crippen LogP contribution in [0.2, 0.25) is 5.02 Å². The summed E-state index contributed by atoms with van der Waals surface area (Å²) in [5.41, 5.74) is 7.36. The maximum Gasteiger partial charge on any atom is 0.339 e. The summed E-state index contributed by atoms with van der Waals surface area (Å²) in [5.74, 6) is -0.715. The average molecular weight is 369 g/mol. The minimum atomic E-state index is -1.05. The number of hydrogen-bond acceptors (Lipinski definition) is 4. The van der Waals surface area contributed by atoms with E-state index in [1.54, 1.807) is 0 Å². The van der Waals surface area contributed by atoms with Crippen LogP contribution in [0.5, 0.6) is 5.75 Å². The largest absolute Gasteiger partial charge is 0.495 e. The lowest BCUT2D eigenvalue weighted by molar-refractivity contribution is 0.0693. The van der Waals surface area contributed by atoms with Gasteiger partial charge in [0.2, 0.25) is 0 Å². The van der Waals surface area contributed by atoms with Crippen molar-refractivity contribution in [1.29, 1.82) is 0 Å². The second-order valence-corrected chi connectivity index (χ2v) is 7.12. The van der Waals surface area contributed by atoms with Crippen molar-refractivity contribution in [1.82, 2.24) is 4.90 Å². The number of nitrogen functional groups attached to an aromatic ring is 1. The number of hydrogen-bond donors (Lipinski definition) is 2. The van der Waals surface area contributed by atoms with Crippen LogP contribution in [0.3, 0.4) is 0 Å². The van der Waals surface area contributed by atoms with E-state index in [4.69, 9.17) is 22.1 Å². The highest BCUT2D eigenvalue weighted by Gasteiger charge is 2.25. The number of halogens is 1. The highest BCUT2D eigenvalue weighted by molar-refractivity contribution is 6.33. The zero-order valence-corrected chi connectivity index (χ0v) is 15.9. The van der Waals surface area contributed by atoms with Gasteiger partial charge >= 0.3 is 5.97 Å². The quantitative estimate of drug-likeness (QED) is 0.672. The van der Waals surface area contributed by atoms with E-state index in [1.807, 2.05) is 0 Å². The predicted molar refractivity (Wildman–Crippen MR) is 102 cm³/mol. The minimum absolute atomic E-state index is 0.0724. The number of nitrogens with zero attached hydrogens (tertiary/aromatic N) is 1. The van der Waals surface area contributed by atoms with Crippen LogP contribution in [0, 0.1) is 0 Å². The fourth-order valence-electron chi connectivity index (χ4n) is 3.69. The lowest BCUT2D eigenvalue weighted by atomic mass is 9.93.